The van der Waals surface area contributed by atoms with E-state index in [9.17, 15) is 17.6 Å². The summed E-state index contributed by atoms with van der Waals surface area (Å²) >= 11 is 0. The SMILES string of the molecule is CCc1ccc(CCC2CCc3cc(OC(F)(F)F)ccc3C2)c(F)c1. The smallest absolute Gasteiger partial charge is 0.406 e. The molecular formula is C21H22F4O. The van der Waals surface area contributed by atoms with E-state index in [0.717, 1.165) is 54.4 Å². The highest BCUT2D eigenvalue weighted by Crippen LogP contribution is 2.32. The molecule has 1 unspecified atom stereocenters. The number of fused-ring (bicyclic) bond motifs is 1. The van der Waals surface area contributed by atoms with Crippen LogP contribution in [0.3, 0.4) is 0 Å². The monoisotopic (exact) mass is 366 g/mol. The lowest BCUT2D eigenvalue weighted by Gasteiger charge is -2.25. The largest absolute Gasteiger partial charge is 0.573 e. The second-order valence-corrected chi connectivity index (χ2v) is 6.91. The lowest BCUT2D eigenvalue weighted by atomic mass is 9.81. The van der Waals surface area contributed by atoms with Gasteiger partial charge in [0.1, 0.15) is 11.6 Å². The van der Waals surface area contributed by atoms with E-state index in [2.05, 4.69) is 4.74 Å². The molecule has 0 N–H and O–H groups in total. The summed E-state index contributed by atoms with van der Waals surface area (Å²) in [5.74, 6) is 0.115. The second kappa shape index (κ2) is 7.68. The standard InChI is InChI=1S/C21H22F4O/c1-2-14-3-6-16(20(22)12-14)7-4-15-5-8-18-13-19(26-21(23,24)25)10-9-17(18)11-15/h3,6,9-10,12-13,15H,2,4-5,7-8,11H2,1H3. The van der Waals surface area contributed by atoms with E-state index in [-0.39, 0.29) is 11.6 Å². The molecule has 1 nitrogen and oxygen atoms in total. The van der Waals surface area contributed by atoms with E-state index in [0.29, 0.717) is 12.3 Å². The van der Waals surface area contributed by atoms with E-state index < -0.39 is 6.36 Å². The number of hydrogen-bond acceptors (Lipinski definition) is 1. The van der Waals surface area contributed by atoms with Gasteiger partial charge in [-0.1, -0.05) is 25.1 Å². The van der Waals surface area contributed by atoms with E-state index in [1.165, 1.54) is 12.1 Å². The number of alkyl halides is 3. The molecule has 0 bridgehead atoms. The van der Waals surface area contributed by atoms with Crippen LogP contribution in [0.2, 0.25) is 0 Å². The molecule has 0 amide bonds. The minimum Gasteiger partial charge on any atom is -0.406 e. The molecule has 1 atom stereocenters. The molecule has 0 spiro atoms. The summed E-state index contributed by atoms with van der Waals surface area (Å²) in [5, 5.41) is 0. The van der Waals surface area contributed by atoms with Gasteiger partial charge in [-0.05, 0) is 84.9 Å². The van der Waals surface area contributed by atoms with E-state index in [1.807, 2.05) is 19.1 Å². The summed E-state index contributed by atoms with van der Waals surface area (Å²) in [7, 11) is 0. The molecule has 0 aromatic heterocycles. The summed E-state index contributed by atoms with van der Waals surface area (Å²) in [6.07, 6.45) is 0.160. The maximum absolute atomic E-state index is 14.1. The van der Waals surface area contributed by atoms with Gasteiger partial charge in [0.05, 0.1) is 0 Å². The zero-order chi connectivity index (χ0) is 18.7. The number of rotatable bonds is 5. The predicted octanol–water partition coefficient (Wildman–Crippen LogP) is 6.02. The summed E-state index contributed by atoms with van der Waals surface area (Å²) in [5.41, 5.74) is 3.72. The van der Waals surface area contributed by atoms with Crippen molar-refractivity contribution in [1.29, 1.82) is 0 Å². The van der Waals surface area contributed by atoms with Crippen LogP contribution in [0.4, 0.5) is 17.6 Å². The third-order valence-corrected chi connectivity index (χ3v) is 5.09. The Labute approximate surface area is 151 Å². The predicted molar refractivity (Wildman–Crippen MR) is 92.7 cm³/mol. The molecule has 0 fully saturated rings. The molecule has 2 aromatic carbocycles. The van der Waals surface area contributed by atoms with Gasteiger partial charge in [0.15, 0.2) is 0 Å². The van der Waals surface area contributed by atoms with Crippen molar-refractivity contribution < 1.29 is 22.3 Å². The first-order valence-corrected chi connectivity index (χ1v) is 8.99. The lowest BCUT2D eigenvalue weighted by molar-refractivity contribution is -0.274. The lowest BCUT2D eigenvalue weighted by Crippen LogP contribution is -2.19. The molecule has 0 heterocycles. The van der Waals surface area contributed by atoms with Crippen LogP contribution in [-0.2, 0) is 25.7 Å². The maximum Gasteiger partial charge on any atom is 0.573 e. The summed E-state index contributed by atoms with van der Waals surface area (Å²) in [6, 6.07) is 10.0. The minimum absolute atomic E-state index is 0.144. The molecule has 0 aliphatic heterocycles. The van der Waals surface area contributed by atoms with Crippen LogP contribution in [0.5, 0.6) is 5.75 Å². The molecular weight excluding hydrogens is 344 g/mol. The Balaban J connectivity index is 1.60. The van der Waals surface area contributed by atoms with Gasteiger partial charge in [0, 0.05) is 0 Å². The molecule has 140 valence electrons. The Kier molecular flexibility index (Phi) is 5.54. The molecule has 0 radical (unpaired) electrons. The minimum atomic E-state index is -4.66. The van der Waals surface area contributed by atoms with Gasteiger partial charge < -0.3 is 4.74 Å². The summed E-state index contributed by atoms with van der Waals surface area (Å²) in [6.45, 7) is 2.00. The summed E-state index contributed by atoms with van der Waals surface area (Å²) in [4.78, 5) is 0. The van der Waals surface area contributed by atoms with Crippen molar-refractivity contribution in [2.45, 2.75) is 51.8 Å². The van der Waals surface area contributed by atoms with Gasteiger partial charge in [-0.2, -0.15) is 0 Å². The fourth-order valence-electron chi connectivity index (χ4n) is 3.62. The number of halogens is 4. The second-order valence-electron chi connectivity index (χ2n) is 6.91. The van der Waals surface area contributed by atoms with Crippen LogP contribution in [0, 0.1) is 11.7 Å². The average molecular weight is 366 g/mol. The van der Waals surface area contributed by atoms with E-state index in [4.69, 9.17) is 0 Å². The van der Waals surface area contributed by atoms with Crippen molar-refractivity contribution in [1.82, 2.24) is 0 Å². The first kappa shape index (κ1) is 18.7. The van der Waals surface area contributed by atoms with Crippen LogP contribution in [0.1, 0.15) is 42.0 Å². The van der Waals surface area contributed by atoms with Gasteiger partial charge in [0.25, 0.3) is 0 Å². The highest BCUT2D eigenvalue weighted by Gasteiger charge is 2.31. The van der Waals surface area contributed by atoms with Crippen LogP contribution < -0.4 is 4.74 Å². The fraction of sp³-hybridized carbons (Fsp3) is 0.429. The van der Waals surface area contributed by atoms with Crippen LogP contribution >= 0.6 is 0 Å². The maximum atomic E-state index is 14.1. The van der Waals surface area contributed by atoms with Gasteiger partial charge >= 0.3 is 6.36 Å². The van der Waals surface area contributed by atoms with E-state index in [1.54, 1.807) is 12.1 Å². The molecule has 0 saturated carbocycles. The molecule has 1 aliphatic carbocycles. The third-order valence-electron chi connectivity index (χ3n) is 5.09. The number of aryl methyl sites for hydroxylation is 3. The Morgan fingerprint density at radius 2 is 1.88 bits per heavy atom. The van der Waals surface area contributed by atoms with Crippen LogP contribution in [0.15, 0.2) is 36.4 Å². The van der Waals surface area contributed by atoms with Gasteiger partial charge in [-0.15, -0.1) is 13.2 Å². The highest BCUT2D eigenvalue weighted by atomic mass is 19.4. The average Bonchev–Trinajstić information content (AvgIpc) is 2.59. The zero-order valence-corrected chi connectivity index (χ0v) is 14.7. The fourth-order valence-corrected chi connectivity index (χ4v) is 3.62. The Morgan fingerprint density at radius 1 is 1.08 bits per heavy atom. The normalized spacial score (nSPS) is 17.0. The van der Waals surface area contributed by atoms with Crippen molar-refractivity contribution >= 4 is 0 Å². The van der Waals surface area contributed by atoms with Crippen molar-refractivity contribution in [2.75, 3.05) is 0 Å². The number of ether oxygens (including phenoxy) is 1. The number of benzene rings is 2. The van der Waals surface area contributed by atoms with Gasteiger partial charge in [-0.25, -0.2) is 4.39 Å². The van der Waals surface area contributed by atoms with E-state index >= 15 is 0 Å². The topological polar surface area (TPSA) is 9.23 Å². The van der Waals surface area contributed by atoms with Crippen molar-refractivity contribution in [3.8, 4) is 5.75 Å². The first-order chi connectivity index (χ1) is 12.3. The highest BCUT2D eigenvalue weighted by molar-refractivity contribution is 5.37. The Morgan fingerprint density at radius 3 is 2.58 bits per heavy atom. The van der Waals surface area contributed by atoms with Crippen LogP contribution in [0.25, 0.3) is 0 Å². The van der Waals surface area contributed by atoms with Crippen molar-refractivity contribution in [3.05, 3.63) is 64.5 Å². The van der Waals surface area contributed by atoms with Crippen molar-refractivity contribution in [3.63, 3.8) is 0 Å². The zero-order valence-electron chi connectivity index (χ0n) is 14.7. The van der Waals surface area contributed by atoms with Crippen LogP contribution in [-0.4, -0.2) is 6.36 Å². The Bertz CT molecular complexity index is 767. The molecule has 3 rings (SSSR count). The van der Waals surface area contributed by atoms with Crippen molar-refractivity contribution in [2.24, 2.45) is 5.92 Å². The quantitative estimate of drug-likeness (QED) is 0.588. The molecule has 26 heavy (non-hydrogen) atoms. The molecule has 5 heteroatoms. The van der Waals surface area contributed by atoms with Gasteiger partial charge in [0.2, 0.25) is 0 Å². The molecule has 2 aromatic rings. The first-order valence-electron chi connectivity index (χ1n) is 8.99. The summed E-state index contributed by atoms with van der Waals surface area (Å²) < 4.78 is 55.1. The number of hydrogen-bond donors (Lipinski definition) is 0. The Hall–Kier alpha value is -2.04. The molecule has 1 aliphatic rings. The van der Waals surface area contributed by atoms with Gasteiger partial charge in [-0.3, -0.25) is 0 Å². The third kappa shape index (κ3) is 4.77. The molecule has 0 saturated heterocycles.